The Bertz CT molecular complexity index is 527. The van der Waals surface area contributed by atoms with Gasteiger partial charge in [0.2, 0.25) is 0 Å². The first-order valence-corrected chi connectivity index (χ1v) is 19.3. The Morgan fingerprint density at radius 1 is 0.457 bits per heavy atom. The summed E-state index contributed by atoms with van der Waals surface area (Å²) in [5, 5.41) is 0. The van der Waals surface area contributed by atoms with Crippen LogP contribution in [0.5, 0.6) is 0 Å². The number of rotatable bonds is 8. The van der Waals surface area contributed by atoms with Crippen molar-refractivity contribution in [2.24, 2.45) is 0 Å². The Balaban J connectivity index is 1.32. The highest BCUT2D eigenvalue weighted by Gasteiger charge is 2.46. The first-order valence-electron chi connectivity index (χ1n) is 16.0. The molecule has 5 aliphatic rings. The summed E-state index contributed by atoms with van der Waals surface area (Å²) in [6.45, 7) is 4.43. The summed E-state index contributed by atoms with van der Waals surface area (Å²) in [7, 11) is 0.144. The molecule has 2 atom stereocenters. The minimum atomic E-state index is -0.379. The molecule has 0 amide bonds. The van der Waals surface area contributed by atoms with Crippen molar-refractivity contribution in [3.05, 3.63) is 0 Å². The summed E-state index contributed by atoms with van der Waals surface area (Å²) < 4.78 is 13.7. The van der Waals surface area contributed by atoms with Crippen molar-refractivity contribution in [1.82, 2.24) is 0 Å². The summed E-state index contributed by atoms with van der Waals surface area (Å²) in [6.07, 6.45) is 33.4. The van der Waals surface area contributed by atoms with E-state index >= 15 is 0 Å². The van der Waals surface area contributed by atoms with Crippen molar-refractivity contribution in [3.63, 3.8) is 0 Å². The van der Waals surface area contributed by atoms with Crippen molar-refractivity contribution in [3.8, 4) is 0 Å². The highest BCUT2D eigenvalue weighted by atomic mass is 31.1. The SMILES string of the molecule is CC1(C)O[C@H](CP(C2CCCCC2)C2CCCCC2)[C@@H](CP(C2CCCCC2)C2CCCCC2)O1. The van der Waals surface area contributed by atoms with E-state index in [0.29, 0.717) is 12.2 Å². The molecule has 1 heterocycles. The van der Waals surface area contributed by atoms with Crippen LogP contribution in [-0.2, 0) is 9.47 Å². The minimum absolute atomic E-state index is 0.0722. The molecule has 1 aliphatic heterocycles. The van der Waals surface area contributed by atoms with E-state index in [4.69, 9.17) is 9.47 Å². The first-order chi connectivity index (χ1) is 17.1. The van der Waals surface area contributed by atoms with E-state index in [-0.39, 0.29) is 21.6 Å². The number of hydrogen-bond donors (Lipinski definition) is 0. The van der Waals surface area contributed by atoms with Crippen LogP contribution >= 0.6 is 15.8 Å². The van der Waals surface area contributed by atoms with E-state index < -0.39 is 0 Å². The van der Waals surface area contributed by atoms with Gasteiger partial charge >= 0.3 is 0 Å². The fraction of sp³-hybridized carbons (Fsp3) is 1.00. The van der Waals surface area contributed by atoms with Crippen LogP contribution in [0.4, 0.5) is 0 Å². The van der Waals surface area contributed by atoms with Crippen molar-refractivity contribution >= 4 is 15.8 Å². The highest BCUT2D eigenvalue weighted by molar-refractivity contribution is 7.59. The van der Waals surface area contributed by atoms with Gasteiger partial charge < -0.3 is 9.47 Å². The molecule has 5 fully saturated rings. The molecule has 0 unspecified atom stereocenters. The fourth-order valence-electron chi connectivity index (χ4n) is 8.48. The molecule has 1 saturated heterocycles. The largest absolute Gasteiger partial charge is 0.344 e. The molecule has 0 aromatic rings. The maximum absolute atomic E-state index is 6.85. The molecule has 0 spiro atoms. The van der Waals surface area contributed by atoms with E-state index in [1.165, 1.54) is 141 Å². The number of hydrogen-bond acceptors (Lipinski definition) is 2. The van der Waals surface area contributed by atoms with E-state index in [0.717, 1.165) is 22.6 Å². The molecule has 4 saturated carbocycles. The zero-order valence-corrected chi connectivity index (χ0v) is 25.0. The molecule has 202 valence electrons. The fourth-order valence-corrected chi connectivity index (χ4v) is 16.4. The van der Waals surface area contributed by atoms with Crippen LogP contribution in [0.2, 0.25) is 0 Å². The molecule has 5 rings (SSSR count). The van der Waals surface area contributed by atoms with Crippen molar-refractivity contribution in [2.45, 2.75) is 183 Å². The zero-order chi connectivity index (χ0) is 24.1. The second-order valence-corrected chi connectivity index (χ2v) is 19.0. The van der Waals surface area contributed by atoms with E-state index in [1.807, 2.05) is 0 Å². The Morgan fingerprint density at radius 3 is 0.971 bits per heavy atom. The summed E-state index contributed by atoms with van der Waals surface area (Å²) in [5.74, 6) is -0.379. The number of ether oxygens (including phenoxy) is 2. The van der Waals surface area contributed by atoms with Gasteiger partial charge in [-0.3, -0.25) is 0 Å². The average Bonchev–Trinajstić information content (AvgIpc) is 3.20. The summed E-state index contributed by atoms with van der Waals surface area (Å²) in [4.78, 5) is 0. The van der Waals surface area contributed by atoms with Crippen LogP contribution in [0.25, 0.3) is 0 Å². The zero-order valence-electron chi connectivity index (χ0n) is 23.2. The molecule has 4 heteroatoms. The first kappa shape index (κ1) is 27.4. The Morgan fingerprint density at radius 2 is 0.714 bits per heavy atom. The normalized spacial score (nSPS) is 32.6. The van der Waals surface area contributed by atoms with Crippen molar-refractivity contribution in [1.29, 1.82) is 0 Å². The van der Waals surface area contributed by atoms with Crippen LogP contribution in [0.1, 0.15) is 142 Å². The maximum Gasteiger partial charge on any atom is 0.163 e. The van der Waals surface area contributed by atoms with Gasteiger partial charge in [0.15, 0.2) is 5.79 Å². The van der Waals surface area contributed by atoms with Crippen LogP contribution in [0.15, 0.2) is 0 Å². The van der Waals surface area contributed by atoms with Gasteiger partial charge in [0, 0.05) is 0 Å². The lowest BCUT2D eigenvalue weighted by Crippen LogP contribution is -2.35. The standard InChI is InChI=1S/C31H56O2P2/c1-31(2)32-29(23-34(25-15-7-3-8-16-25)26-17-9-4-10-18-26)30(33-31)24-35(27-19-11-5-12-20-27)28-21-13-6-14-22-28/h25-30H,3-24H2,1-2H3/t29-,30-/m1/s1. The van der Waals surface area contributed by atoms with Gasteiger partial charge in [-0.25, -0.2) is 0 Å². The molecular weight excluding hydrogens is 466 g/mol. The van der Waals surface area contributed by atoms with E-state index in [1.54, 1.807) is 0 Å². The minimum Gasteiger partial charge on any atom is -0.344 e. The van der Waals surface area contributed by atoms with Crippen LogP contribution in [0.3, 0.4) is 0 Å². The highest BCUT2D eigenvalue weighted by Crippen LogP contribution is 2.60. The smallest absolute Gasteiger partial charge is 0.163 e. The summed E-state index contributed by atoms with van der Waals surface area (Å²) in [5.41, 5.74) is 4.09. The van der Waals surface area contributed by atoms with E-state index in [2.05, 4.69) is 13.8 Å². The molecule has 0 aromatic carbocycles. The second kappa shape index (κ2) is 13.2. The van der Waals surface area contributed by atoms with Gasteiger partial charge in [-0.05, 0) is 100 Å². The molecule has 2 nitrogen and oxygen atoms in total. The Hall–Kier alpha value is 0.780. The summed E-state index contributed by atoms with van der Waals surface area (Å²) in [6, 6.07) is 0. The lowest BCUT2D eigenvalue weighted by molar-refractivity contribution is -0.142. The average molecular weight is 523 g/mol. The van der Waals surface area contributed by atoms with Gasteiger partial charge in [-0.15, -0.1) is 0 Å². The molecule has 0 N–H and O–H groups in total. The Kier molecular flexibility index (Phi) is 10.3. The third kappa shape index (κ3) is 7.46. The van der Waals surface area contributed by atoms with Crippen LogP contribution in [-0.4, -0.2) is 53.0 Å². The van der Waals surface area contributed by atoms with Crippen molar-refractivity contribution in [2.75, 3.05) is 12.3 Å². The molecule has 0 aromatic heterocycles. The summed E-state index contributed by atoms with van der Waals surface area (Å²) >= 11 is 0. The maximum atomic E-state index is 6.85. The molecule has 35 heavy (non-hydrogen) atoms. The van der Waals surface area contributed by atoms with Gasteiger partial charge in [0.05, 0.1) is 12.2 Å². The molecule has 0 bridgehead atoms. The van der Waals surface area contributed by atoms with Crippen LogP contribution in [0, 0.1) is 0 Å². The Labute approximate surface area is 220 Å². The van der Waals surface area contributed by atoms with Gasteiger partial charge in [-0.1, -0.05) is 92.9 Å². The quantitative estimate of drug-likeness (QED) is 0.295. The van der Waals surface area contributed by atoms with Crippen LogP contribution < -0.4 is 0 Å². The lowest BCUT2D eigenvalue weighted by Gasteiger charge is -2.42. The predicted octanol–water partition coefficient (Wildman–Crippen LogP) is 9.80. The topological polar surface area (TPSA) is 18.5 Å². The lowest BCUT2D eigenvalue weighted by atomic mass is 9.99. The van der Waals surface area contributed by atoms with E-state index in [9.17, 15) is 0 Å². The molecular formula is C31H56O2P2. The molecule has 0 radical (unpaired) electrons. The predicted molar refractivity (Wildman–Crippen MR) is 155 cm³/mol. The molecule has 4 aliphatic carbocycles. The second-order valence-electron chi connectivity index (χ2n) is 13.3. The van der Waals surface area contributed by atoms with Gasteiger partial charge in [0.25, 0.3) is 0 Å². The third-order valence-electron chi connectivity index (χ3n) is 10.2. The van der Waals surface area contributed by atoms with Crippen molar-refractivity contribution < 1.29 is 9.47 Å². The third-order valence-corrected chi connectivity index (χ3v) is 17.6. The van der Waals surface area contributed by atoms with Gasteiger partial charge in [0.1, 0.15) is 0 Å². The monoisotopic (exact) mass is 522 g/mol. The van der Waals surface area contributed by atoms with Gasteiger partial charge in [-0.2, -0.15) is 0 Å².